The van der Waals surface area contributed by atoms with Crippen LogP contribution in [0, 0.1) is 0 Å². The number of carbonyl (C=O) groups excluding carboxylic acids is 2. The standard InChI is InChI=1S/C13H16N2O5/c1-14-12(18)10-7-20-5-4-15(10)13(19)9-3-2-8(16)6-11(9)17/h2-3,6,10,16-17H,4-5,7H2,1H3,(H,14,18). The summed E-state index contributed by atoms with van der Waals surface area (Å²) in [6.45, 7) is 0.708. The molecule has 0 spiro atoms. The van der Waals surface area contributed by atoms with Crippen molar-refractivity contribution in [2.24, 2.45) is 0 Å². The normalized spacial score (nSPS) is 18.6. The average Bonchev–Trinajstić information content (AvgIpc) is 2.46. The number of phenolic OH excluding ortho intramolecular Hbond substituents is 2. The average molecular weight is 280 g/mol. The van der Waals surface area contributed by atoms with Crippen LogP contribution in [-0.4, -0.2) is 59.8 Å². The summed E-state index contributed by atoms with van der Waals surface area (Å²) in [4.78, 5) is 25.5. The Morgan fingerprint density at radius 1 is 1.40 bits per heavy atom. The third kappa shape index (κ3) is 2.67. The molecular formula is C13H16N2O5. The number of rotatable bonds is 2. The number of nitrogens with zero attached hydrogens (tertiary/aromatic N) is 1. The highest BCUT2D eigenvalue weighted by Gasteiger charge is 2.33. The summed E-state index contributed by atoms with van der Waals surface area (Å²) in [5.74, 6) is -1.25. The van der Waals surface area contributed by atoms with Gasteiger partial charge in [-0.05, 0) is 12.1 Å². The van der Waals surface area contributed by atoms with Gasteiger partial charge < -0.3 is 25.2 Å². The van der Waals surface area contributed by atoms with E-state index in [1.165, 1.54) is 24.1 Å². The van der Waals surface area contributed by atoms with Crippen molar-refractivity contribution in [3.63, 3.8) is 0 Å². The maximum Gasteiger partial charge on any atom is 0.258 e. The summed E-state index contributed by atoms with van der Waals surface area (Å²) in [6, 6.07) is 2.99. The highest BCUT2D eigenvalue weighted by Crippen LogP contribution is 2.25. The second kappa shape index (κ2) is 5.79. The topological polar surface area (TPSA) is 99.1 Å². The molecule has 1 unspecified atom stereocenters. The highest BCUT2D eigenvalue weighted by molar-refractivity contribution is 5.99. The molecule has 2 rings (SSSR count). The van der Waals surface area contributed by atoms with Crippen LogP contribution >= 0.6 is 0 Å². The van der Waals surface area contributed by atoms with Crippen LogP contribution in [0.15, 0.2) is 18.2 Å². The molecule has 1 aliphatic rings. The van der Waals surface area contributed by atoms with Crippen molar-refractivity contribution in [1.82, 2.24) is 10.2 Å². The predicted octanol–water partition coefficient (Wildman–Crippen LogP) is -0.315. The first kappa shape index (κ1) is 14.1. The van der Waals surface area contributed by atoms with Crippen LogP contribution in [0.2, 0.25) is 0 Å². The Morgan fingerprint density at radius 3 is 2.80 bits per heavy atom. The molecule has 3 N–H and O–H groups in total. The zero-order valence-electron chi connectivity index (χ0n) is 11.0. The van der Waals surface area contributed by atoms with Crippen molar-refractivity contribution in [3.05, 3.63) is 23.8 Å². The van der Waals surface area contributed by atoms with Gasteiger partial charge in [-0.15, -0.1) is 0 Å². The lowest BCUT2D eigenvalue weighted by Crippen LogP contribution is -2.55. The maximum atomic E-state index is 12.4. The molecule has 20 heavy (non-hydrogen) atoms. The first-order chi connectivity index (χ1) is 9.54. The molecular weight excluding hydrogens is 264 g/mol. The third-order valence-corrected chi connectivity index (χ3v) is 3.15. The van der Waals surface area contributed by atoms with Crippen LogP contribution in [0.3, 0.4) is 0 Å². The van der Waals surface area contributed by atoms with E-state index in [-0.39, 0.29) is 36.1 Å². The van der Waals surface area contributed by atoms with Gasteiger partial charge in [0.25, 0.3) is 5.91 Å². The van der Waals surface area contributed by atoms with Crippen LogP contribution < -0.4 is 5.32 Å². The lowest BCUT2D eigenvalue weighted by Gasteiger charge is -2.34. The molecule has 1 aliphatic heterocycles. The summed E-state index contributed by atoms with van der Waals surface area (Å²) in [5, 5.41) is 21.5. The van der Waals surface area contributed by atoms with Gasteiger partial charge in [0.2, 0.25) is 5.91 Å². The smallest absolute Gasteiger partial charge is 0.258 e. The summed E-state index contributed by atoms with van der Waals surface area (Å²) in [5.41, 5.74) is 0.0404. The van der Waals surface area contributed by atoms with Crippen molar-refractivity contribution in [3.8, 4) is 11.5 Å². The monoisotopic (exact) mass is 280 g/mol. The zero-order valence-corrected chi connectivity index (χ0v) is 11.0. The van der Waals surface area contributed by atoms with Crippen LogP contribution in [0.4, 0.5) is 0 Å². The Balaban J connectivity index is 2.27. The summed E-state index contributed by atoms with van der Waals surface area (Å²) in [6.07, 6.45) is 0. The molecule has 1 saturated heterocycles. The number of ether oxygens (including phenoxy) is 1. The molecule has 0 bridgehead atoms. The number of hydrogen-bond acceptors (Lipinski definition) is 5. The number of carbonyl (C=O) groups is 2. The number of phenols is 2. The van der Waals surface area contributed by atoms with E-state index < -0.39 is 11.9 Å². The van der Waals surface area contributed by atoms with Crippen LogP contribution in [0.25, 0.3) is 0 Å². The van der Waals surface area contributed by atoms with Crippen LogP contribution in [0.5, 0.6) is 11.5 Å². The molecule has 108 valence electrons. The molecule has 0 aromatic heterocycles. The molecule has 1 atom stereocenters. The van der Waals surface area contributed by atoms with E-state index in [1.54, 1.807) is 0 Å². The third-order valence-electron chi connectivity index (χ3n) is 3.15. The van der Waals surface area contributed by atoms with E-state index in [2.05, 4.69) is 5.32 Å². The SMILES string of the molecule is CNC(=O)C1COCCN1C(=O)c1ccc(O)cc1O. The van der Waals surface area contributed by atoms with Gasteiger partial charge in [-0.1, -0.05) is 0 Å². The second-order valence-electron chi connectivity index (χ2n) is 4.40. The minimum Gasteiger partial charge on any atom is -0.508 e. The lowest BCUT2D eigenvalue weighted by atomic mass is 10.1. The van der Waals surface area contributed by atoms with Gasteiger partial charge >= 0.3 is 0 Å². The van der Waals surface area contributed by atoms with Crippen molar-refractivity contribution < 1.29 is 24.5 Å². The zero-order chi connectivity index (χ0) is 14.7. The first-order valence-electron chi connectivity index (χ1n) is 6.17. The molecule has 1 fully saturated rings. The van der Waals surface area contributed by atoms with E-state index in [4.69, 9.17) is 4.74 Å². The summed E-state index contributed by atoms with van der Waals surface area (Å²) in [7, 11) is 1.48. The van der Waals surface area contributed by atoms with E-state index in [0.29, 0.717) is 6.61 Å². The quantitative estimate of drug-likeness (QED) is 0.690. The lowest BCUT2D eigenvalue weighted by molar-refractivity contribution is -0.130. The highest BCUT2D eigenvalue weighted by atomic mass is 16.5. The fourth-order valence-corrected chi connectivity index (χ4v) is 2.09. The summed E-state index contributed by atoms with van der Waals surface area (Å²) >= 11 is 0. The molecule has 0 radical (unpaired) electrons. The number of aromatic hydroxyl groups is 2. The largest absolute Gasteiger partial charge is 0.508 e. The minimum absolute atomic E-state index is 0.0404. The Labute approximate surface area is 115 Å². The Kier molecular flexibility index (Phi) is 4.09. The van der Waals surface area contributed by atoms with E-state index in [9.17, 15) is 19.8 Å². The Bertz CT molecular complexity index is 531. The molecule has 7 heteroatoms. The van der Waals surface area contributed by atoms with Gasteiger partial charge in [0, 0.05) is 19.7 Å². The number of benzene rings is 1. The number of morpholine rings is 1. The van der Waals surface area contributed by atoms with Crippen molar-refractivity contribution >= 4 is 11.8 Å². The van der Waals surface area contributed by atoms with Gasteiger partial charge in [0.05, 0.1) is 18.8 Å². The molecule has 7 nitrogen and oxygen atoms in total. The number of nitrogens with one attached hydrogen (secondary N) is 1. The van der Waals surface area contributed by atoms with Crippen LogP contribution in [-0.2, 0) is 9.53 Å². The van der Waals surface area contributed by atoms with Gasteiger partial charge in [-0.3, -0.25) is 9.59 Å². The maximum absolute atomic E-state index is 12.4. The molecule has 0 aliphatic carbocycles. The van der Waals surface area contributed by atoms with Crippen molar-refractivity contribution in [1.29, 1.82) is 0 Å². The van der Waals surface area contributed by atoms with Crippen molar-refractivity contribution in [2.75, 3.05) is 26.8 Å². The molecule has 1 aromatic rings. The van der Waals surface area contributed by atoms with Gasteiger partial charge in [0.15, 0.2) is 0 Å². The molecule has 1 aromatic carbocycles. The molecule has 0 saturated carbocycles. The Hall–Kier alpha value is -2.28. The Morgan fingerprint density at radius 2 is 2.15 bits per heavy atom. The fourth-order valence-electron chi connectivity index (χ4n) is 2.09. The number of hydrogen-bond donors (Lipinski definition) is 3. The van der Waals surface area contributed by atoms with Gasteiger partial charge in [-0.25, -0.2) is 0 Å². The van der Waals surface area contributed by atoms with Gasteiger partial charge in [0.1, 0.15) is 17.5 Å². The van der Waals surface area contributed by atoms with Crippen LogP contribution in [0.1, 0.15) is 10.4 Å². The minimum atomic E-state index is -0.727. The summed E-state index contributed by atoms with van der Waals surface area (Å²) < 4.78 is 5.21. The predicted molar refractivity (Wildman–Crippen MR) is 69.5 cm³/mol. The number of likely N-dealkylation sites (N-methyl/N-ethyl adjacent to an activating group) is 1. The molecule has 1 heterocycles. The fraction of sp³-hybridized carbons (Fsp3) is 0.385. The van der Waals surface area contributed by atoms with E-state index in [1.807, 2.05) is 0 Å². The second-order valence-corrected chi connectivity index (χ2v) is 4.40. The van der Waals surface area contributed by atoms with E-state index >= 15 is 0 Å². The number of amides is 2. The van der Waals surface area contributed by atoms with E-state index in [0.717, 1.165) is 6.07 Å². The van der Waals surface area contributed by atoms with Crippen molar-refractivity contribution in [2.45, 2.75) is 6.04 Å². The first-order valence-corrected chi connectivity index (χ1v) is 6.17. The molecule has 2 amide bonds. The van der Waals surface area contributed by atoms with Gasteiger partial charge in [-0.2, -0.15) is 0 Å².